The Morgan fingerprint density at radius 2 is 1.85 bits per heavy atom. The number of imidazole rings is 1. The van der Waals surface area contributed by atoms with E-state index in [2.05, 4.69) is 33.9 Å². The lowest BCUT2D eigenvalue weighted by Crippen LogP contribution is -2.57. The number of hydrogen-bond donors (Lipinski definition) is 2. The van der Waals surface area contributed by atoms with E-state index < -0.39 is 6.04 Å². The number of rotatable bonds is 7. The first-order valence-corrected chi connectivity index (χ1v) is 13.6. The maximum absolute atomic E-state index is 14.0. The van der Waals surface area contributed by atoms with Gasteiger partial charge in [0.1, 0.15) is 6.04 Å². The summed E-state index contributed by atoms with van der Waals surface area (Å²) >= 11 is 0. The summed E-state index contributed by atoms with van der Waals surface area (Å²) in [7, 11) is 3.09. The van der Waals surface area contributed by atoms with Gasteiger partial charge in [-0.1, -0.05) is 37.1 Å². The first-order valence-electron chi connectivity index (χ1n) is 13.6. The molecular weight excluding hydrogens is 494 g/mol. The number of aryl methyl sites for hydroxylation is 1. The Bertz CT molecular complexity index is 1350. The Hall–Kier alpha value is -3.85. The van der Waals surface area contributed by atoms with Crippen molar-refractivity contribution in [2.45, 2.75) is 70.2 Å². The predicted molar refractivity (Wildman–Crippen MR) is 148 cm³/mol. The van der Waals surface area contributed by atoms with E-state index in [1.165, 1.54) is 18.2 Å². The Balaban J connectivity index is 1.47. The highest BCUT2D eigenvalue weighted by atomic mass is 16.5. The van der Waals surface area contributed by atoms with Gasteiger partial charge in [0.15, 0.2) is 11.5 Å². The number of ether oxygens (including phenoxy) is 2. The topological polar surface area (TPSA) is 112 Å². The molecule has 1 aliphatic carbocycles. The van der Waals surface area contributed by atoms with Crippen LogP contribution in [-0.4, -0.2) is 58.6 Å². The summed E-state index contributed by atoms with van der Waals surface area (Å²) in [6.07, 6.45) is 5.99. The Kier molecular flexibility index (Phi) is 7.88. The number of methoxy groups -OCH3 is 2. The van der Waals surface area contributed by atoms with Gasteiger partial charge in [-0.05, 0) is 49.1 Å². The van der Waals surface area contributed by atoms with Crippen LogP contribution in [0.3, 0.4) is 0 Å². The van der Waals surface area contributed by atoms with Crippen molar-refractivity contribution in [1.29, 1.82) is 0 Å². The van der Waals surface area contributed by atoms with Crippen molar-refractivity contribution >= 4 is 11.8 Å². The monoisotopic (exact) mass is 531 g/mol. The quantitative estimate of drug-likeness (QED) is 0.484. The highest BCUT2D eigenvalue weighted by molar-refractivity contribution is 5.98. The standard InChI is InChI=1S/C30H37N5O4/c1-19-8-4-5-9-21(19)16-34-18-32-24-15-25(29(36)33-23-11-7-6-10-22(23)31)35(17-26(24)34)30(37)20-12-13-27(38-2)28(14-20)39-3/h4-5,8-9,12-14,18,22-23,25H,6-7,10-11,15-17,31H2,1-3H3,(H,33,36). The predicted octanol–water partition coefficient (Wildman–Crippen LogP) is 3.21. The summed E-state index contributed by atoms with van der Waals surface area (Å²) in [5.41, 5.74) is 10.9. The minimum atomic E-state index is -0.700. The Labute approximate surface area is 229 Å². The molecule has 2 heterocycles. The molecule has 0 radical (unpaired) electrons. The number of hydrogen-bond acceptors (Lipinski definition) is 6. The van der Waals surface area contributed by atoms with Crippen LogP contribution in [0.25, 0.3) is 0 Å². The van der Waals surface area contributed by atoms with E-state index in [1.54, 1.807) is 30.2 Å². The summed E-state index contributed by atoms with van der Waals surface area (Å²) in [5.74, 6) is 0.551. The first kappa shape index (κ1) is 26.7. The molecule has 3 unspecified atom stereocenters. The maximum atomic E-state index is 14.0. The molecule has 3 aromatic rings. The van der Waals surface area contributed by atoms with Crippen molar-refractivity contribution in [3.8, 4) is 11.5 Å². The smallest absolute Gasteiger partial charge is 0.255 e. The van der Waals surface area contributed by atoms with Gasteiger partial charge in [0.05, 0.1) is 38.5 Å². The molecule has 3 N–H and O–H groups in total. The number of benzene rings is 2. The van der Waals surface area contributed by atoms with Crippen molar-refractivity contribution in [2.75, 3.05) is 14.2 Å². The van der Waals surface area contributed by atoms with Crippen LogP contribution < -0.4 is 20.5 Å². The largest absolute Gasteiger partial charge is 0.493 e. The molecule has 2 aromatic carbocycles. The second-order valence-electron chi connectivity index (χ2n) is 10.5. The molecule has 2 amide bonds. The third kappa shape index (κ3) is 5.49. The first-order chi connectivity index (χ1) is 18.9. The van der Waals surface area contributed by atoms with Crippen LogP contribution in [0.5, 0.6) is 11.5 Å². The number of carbonyl (C=O) groups is 2. The number of nitrogens with zero attached hydrogens (tertiary/aromatic N) is 3. The van der Waals surface area contributed by atoms with Gasteiger partial charge in [-0.25, -0.2) is 4.98 Å². The van der Waals surface area contributed by atoms with E-state index in [0.29, 0.717) is 30.0 Å². The summed E-state index contributed by atoms with van der Waals surface area (Å²) in [4.78, 5) is 34.0. The van der Waals surface area contributed by atoms with Crippen molar-refractivity contribution in [1.82, 2.24) is 19.8 Å². The van der Waals surface area contributed by atoms with Gasteiger partial charge in [-0.15, -0.1) is 0 Å². The van der Waals surface area contributed by atoms with Gasteiger partial charge >= 0.3 is 0 Å². The molecule has 1 saturated carbocycles. The van der Waals surface area contributed by atoms with E-state index in [9.17, 15) is 9.59 Å². The third-order valence-electron chi connectivity index (χ3n) is 8.06. The highest BCUT2D eigenvalue weighted by Crippen LogP contribution is 2.31. The second-order valence-corrected chi connectivity index (χ2v) is 10.5. The van der Waals surface area contributed by atoms with Crippen LogP contribution in [0.15, 0.2) is 48.8 Å². The minimum Gasteiger partial charge on any atom is -0.493 e. The number of nitrogens with one attached hydrogen (secondary N) is 1. The van der Waals surface area contributed by atoms with Crippen LogP contribution in [0.1, 0.15) is 58.6 Å². The summed E-state index contributed by atoms with van der Waals surface area (Å²) < 4.78 is 12.9. The summed E-state index contributed by atoms with van der Waals surface area (Å²) in [6.45, 7) is 2.99. The van der Waals surface area contributed by atoms with Crippen molar-refractivity contribution in [3.63, 3.8) is 0 Å². The van der Waals surface area contributed by atoms with Crippen LogP contribution in [0.2, 0.25) is 0 Å². The van der Waals surface area contributed by atoms with Crippen LogP contribution in [0, 0.1) is 6.92 Å². The van der Waals surface area contributed by atoms with E-state index in [4.69, 9.17) is 15.2 Å². The molecule has 0 bridgehead atoms. The van der Waals surface area contributed by atoms with Gasteiger partial charge < -0.3 is 30.0 Å². The van der Waals surface area contributed by atoms with Gasteiger partial charge in [-0.3, -0.25) is 9.59 Å². The fourth-order valence-electron chi connectivity index (χ4n) is 5.67. The molecule has 3 atom stereocenters. The van der Waals surface area contributed by atoms with E-state index in [1.807, 2.05) is 18.5 Å². The zero-order chi connectivity index (χ0) is 27.5. The van der Waals surface area contributed by atoms with E-state index in [0.717, 1.165) is 37.1 Å². The lowest BCUT2D eigenvalue weighted by molar-refractivity contribution is -0.127. The molecule has 1 aliphatic heterocycles. The number of aromatic nitrogens is 2. The average Bonchev–Trinajstić information content (AvgIpc) is 3.35. The Morgan fingerprint density at radius 1 is 1.08 bits per heavy atom. The van der Waals surface area contributed by atoms with Crippen LogP contribution in [0.4, 0.5) is 0 Å². The zero-order valence-corrected chi connectivity index (χ0v) is 22.9. The van der Waals surface area contributed by atoms with E-state index in [-0.39, 0.29) is 30.4 Å². The van der Waals surface area contributed by atoms with Crippen molar-refractivity contribution in [3.05, 3.63) is 76.9 Å². The molecule has 206 valence electrons. The number of carbonyl (C=O) groups excluding carboxylic acids is 2. The van der Waals surface area contributed by atoms with Crippen LogP contribution >= 0.6 is 0 Å². The lowest BCUT2D eigenvalue weighted by atomic mass is 9.90. The van der Waals surface area contributed by atoms with Gasteiger partial charge in [0.2, 0.25) is 5.91 Å². The number of nitrogens with two attached hydrogens (primary N) is 1. The molecule has 5 rings (SSSR count). The highest BCUT2D eigenvalue weighted by Gasteiger charge is 2.39. The maximum Gasteiger partial charge on any atom is 0.255 e. The summed E-state index contributed by atoms with van der Waals surface area (Å²) in [5, 5.41) is 3.16. The molecule has 2 aliphatic rings. The lowest BCUT2D eigenvalue weighted by Gasteiger charge is -2.37. The molecule has 0 spiro atoms. The van der Waals surface area contributed by atoms with Gasteiger partial charge in [0, 0.05) is 30.6 Å². The fraction of sp³-hybridized carbons (Fsp3) is 0.433. The normalized spacial score (nSPS) is 20.7. The Morgan fingerprint density at radius 3 is 2.59 bits per heavy atom. The fourth-order valence-corrected chi connectivity index (χ4v) is 5.67. The average molecular weight is 532 g/mol. The van der Waals surface area contributed by atoms with E-state index >= 15 is 0 Å². The molecule has 9 nitrogen and oxygen atoms in total. The molecular formula is C30H37N5O4. The molecule has 1 fully saturated rings. The van der Waals surface area contributed by atoms with Gasteiger partial charge in [-0.2, -0.15) is 0 Å². The molecule has 1 aromatic heterocycles. The van der Waals surface area contributed by atoms with Crippen molar-refractivity contribution < 1.29 is 19.1 Å². The van der Waals surface area contributed by atoms with Crippen molar-refractivity contribution in [2.24, 2.45) is 5.73 Å². The van der Waals surface area contributed by atoms with Crippen LogP contribution in [-0.2, 0) is 24.3 Å². The molecule has 9 heteroatoms. The van der Waals surface area contributed by atoms with Gasteiger partial charge in [0.25, 0.3) is 5.91 Å². The molecule has 0 saturated heterocycles. The minimum absolute atomic E-state index is 0.0785. The third-order valence-corrected chi connectivity index (χ3v) is 8.06. The SMILES string of the molecule is COc1ccc(C(=O)N2Cc3c(ncn3Cc3ccccc3C)CC2C(=O)NC2CCCCC2N)cc1OC. The number of fused-ring (bicyclic) bond motifs is 1. The zero-order valence-electron chi connectivity index (χ0n) is 22.9. The summed E-state index contributed by atoms with van der Waals surface area (Å²) in [6, 6.07) is 12.4. The second kappa shape index (κ2) is 11.5. The molecule has 39 heavy (non-hydrogen) atoms. The number of amides is 2.